The molecule has 0 saturated carbocycles. The van der Waals surface area contributed by atoms with Crippen molar-refractivity contribution in [2.24, 2.45) is 0 Å². The van der Waals surface area contributed by atoms with Gasteiger partial charge < -0.3 is 37.7 Å². The first-order valence-electron chi connectivity index (χ1n) is 0.632. The van der Waals surface area contributed by atoms with E-state index < -0.39 is 21.1 Å². The summed E-state index contributed by atoms with van der Waals surface area (Å²) in [5.41, 5.74) is 0. The van der Waals surface area contributed by atoms with Crippen LogP contribution in [0.3, 0.4) is 0 Å². The van der Waals surface area contributed by atoms with E-state index in [4.69, 9.17) is 13.7 Å². The van der Waals surface area contributed by atoms with Crippen molar-refractivity contribution >= 4 is 23.0 Å². The van der Waals surface area contributed by atoms with E-state index in [0.29, 0.717) is 0 Å². The van der Waals surface area contributed by atoms with Gasteiger partial charge in [-0.2, -0.15) is 0 Å². The Balaban J connectivity index is -0.00000000990. The molecule has 4 nitrogen and oxygen atoms in total. The summed E-state index contributed by atoms with van der Waals surface area (Å²) in [7, 11) is 0. The van der Waals surface area contributed by atoms with Gasteiger partial charge >= 0.3 is 103 Å². The number of halogens is 3. The number of hydrogen-bond donors (Lipinski definition) is 1. The molecule has 0 amide bonds. The Labute approximate surface area is 179 Å². The topological polar surface area (TPSA) is 89.4 Å². The molecule has 0 atom stereocenters. The van der Waals surface area contributed by atoms with Gasteiger partial charge in [0.05, 0.1) is 0 Å². The van der Waals surface area contributed by atoms with E-state index in [1.54, 1.807) is 0 Å². The maximum absolute atomic E-state index is 8.57. The fourth-order valence-electron chi connectivity index (χ4n) is 0. The Hall–Kier alpha value is 5.30. The van der Waals surface area contributed by atoms with E-state index in [2.05, 4.69) is 0 Å². The summed E-state index contributed by atoms with van der Waals surface area (Å²) in [6.45, 7) is 0. The molecule has 0 bridgehead atoms. The fourth-order valence-corrected chi connectivity index (χ4v) is 0. The maximum atomic E-state index is 8.57. The largest absolute Gasteiger partial charge is 1.00 e. The third-order valence-corrected chi connectivity index (χ3v) is 0. The van der Waals surface area contributed by atoms with Crippen molar-refractivity contribution in [3.8, 4) is 0 Å². The van der Waals surface area contributed by atoms with Crippen LogP contribution in [0.2, 0.25) is 0 Å². The molecule has 48 valence electrons. The van der Waals surface area contributed by atoms with Gasteiger partial charge in [-0.1, -0.05) is 0 Å². The van der Waals surface area contributed by atoms with Gasteiger partial charge in [-0.05, 0) is 0 Å². The van der Waals surface area contributed by atoms with E-state index in [0.717, 1.165) is 23.0 Å². The zero-order valence-electron chi connectivity index (χ0n) is 4.81. The number of rotatable bonds is 0. The normalized spacial score (nSPS) is 4.67. The maximum Gasteiger partial charge on any atom is 1.00 e. The Kier molecular flexibility index (Phi) is 94.9. The molecule has 0 aromatic carbocycles. The molecule has 0 aromatic rings. The van der Waals surface area contributed by atoms with Crippen LogP contribution in [0.15, 0.2) is 0 Å². The molecular weight excluding hydrogens is 523 g/mol. The molecule has 0 aliphatic rings. The minimum Gasteiger partial charge on any atom is -1.00 e. The van der Waals surface area contributed by atoms with Crippen LogP contribution in [0.5, 0.6) is 0 Å². The first-order chi connectivity index (χ1) is 2.73. The molecule has 0 heterocycles. The van der Waals surface area contributed by atoms with Crippen LogP contribution >= 0.6 is 23.0 Å². The summed E-state index contributed by atoms with van der Waals surface area (Å²) in [5, 5.41) is 0. The fraction of sp³-hybridized carbons (Fsp3) is 0. The molecule has 0 aliphatic carbocycles. The van der Waals surface area contributed by atoms with Crippen molar-refractivity contribution in [3.63, 3.8) is 0 Å². The Morgan fingerprint density at radius 3 is 1.00 bits per heavy atom. The van der Waals surface area contributed by atoms with Crippen molar-refractivity contribution in [2.75, 3.05) is 0 Å². The van der Waals surface area contributed by atoms with E-state index in [9.17, 15) is 0 Å². The first-order valence-corrected chi connectivity index (χ1v) is 4.24. The predicted octanol–water partition coefficient (Wildman–Crippen LogP) is -15.2. The van der Waals surface area contributed by atoms with Crippen molar-refractivity contribution in [2.45, 2.75) is 0 Å². The van der Waals surface area contributed by atoms with Gasteiger partial charge in [0.2, 0.25) is 0 Å². The second kappa shape index (κ2) is 29.2. The average molecular weight is 524 g/mol. The second-order valence-electron chi connectivity index (χ2n) is 0.189. The van der Waals surface area contributed by atoms with Crippen LogP contribution in [0, 0.1) is 0 Å². The zero-order chi connectivity index (χ0) is 5.58. The predicted molar refractivity (Wildman–Crippen MR) is 16.2 cm³/mol. The summed E-state index contributed by atoms with van der Waals surface area (Å²) >= 11 is -2.86. The van der Waals surface area contributed by atoms with Crippen molar-refractivity contribution < 1.29 is 162 Å². The molecule has 0 rings (SSSR count). The molecule has 0 unspecified atom stereocenters. The molecule has 0 aromatic heterocycles. The molecule has 0 saturated heterocycles. The summed E-state index contributed by atoms with van der Waals surface area (Å²) in [6, 6.07) is 0. The molecule has 0 fully saturated rings. The second-order valence-corrected chi connectivity index (χ2v) is 1.27. The monoisotopic (exact) mass is 524 g/mol. The van der Waals surface area contributed by atoms with Crippen molar-refractivity contribution in [3.05, 3.63) is 0 Å². The van der Waals surface area contributed by atoms with Gasteiger partial charge in [-0.25, -0.2) is 0 Å². The Morgan fingerprint density at radius 1 is 1.00 bits per heavy atom. The molecule has 0 radical (unpaired) electrons. The molecule has 9 heteroatoms. The molecule has 0 spiro atoms. The average Bonchev–Trinajstić information content (AvgIpc) is 1.41. The zero-order valence-corrected chi connectivity index (χ0v) is 17.5. The van der Waals surface area contributed by atoms with Crippen LogP contribution in [0.4, 0.5) is 0 Å². The Morgan fingerprint density at radius 2 is 1.00 bits per heavy atom. The molecular formula is HI3K2O4. The summed E-state index contributed by atoms with van der Waals surface area (Å²) in [4.78, 5) is 0. The molecule has 1 N–H and O–H groups in total. The summed E-state index contributed by atoms with van der Waals surface area (Å²) in [5.74, 6) is 0. The van der Waals surface area contributed by atoms with E-state index in [-0.39, 0.29) is 127 Å². The van der Waals surface area contributed by atoms with Gasteiger partial charge in [-0.3, -0.25) is 0 Å². The van der Waals surface area contributed by atoms with Crippen LogP contribution in [-0.2, 0) is 0 Å². The van der Waals surface area contributed by atoms with Crippen LogP contribution in [0.1, 0.15) is 0 Å². The van der Waals surface area contributed by atoms with Gasteiger partial charge in [0.1, 0.15) is 23.0 Å². The smallest absolute Gasteiger partial charge is 1.00 e. The summed E-state index contributed by atoms with van der Waals surface area (Å²) < 4.78 is 32.7. The van der Waals surface area contributed by atoms with Crippen molar-refractivity contribution in [1.82, 2.24) is 0 Å². The van der Waals surface area contributed by atoms with Crippen LogP contribution in [-0.4, -0.2) is 3.44 Å². The van der Waals surface area contributed by atoms with Gasteiger partial charge in [0.25, 0.3) is 21.1 Å². The van der Waals surface area contributed by atoms with Gasteiger partial charge in [0, 0.05) is 0 Å². The van der Waals surface area contributed by atoms with Crippen molar-refractivity contribution in [1.29, 1.82) is 0 Å². The van der Waals surface area contributed by atoms with Gasteiger partial charge in [0.15, 0.2) is 0 Å². The van der Waals surface area contributed by atoms with Crippen LogP contribution in [0.25, 0.3) is 0 Å². The van der Waals surface area contributed by atoms with E-state index in [1.807, 2.05) is 0 Å². The minimum atomic E-state index is -4.01. The molecule has 9 heavy (non-hydrogen) atoms. The SMILES string of the molecule is OI.[I-].[K+].[K+].[O-][I+2]([O-])[O-]. The summed E-state index contributed by atoms with van der Waals surface area (Å²) in [6.07, 6.45) is 0. The van der Waals surface area contributed by atoms with Gasteiger partial charge in [-0.15, -0.1) is 0 Å². The quantitative estimate of drug-likeness (QED) is 0.252. The van der Waals surface area contributed by atoms with E-state index >= 15 is 0 Å². The standard InChI is InChI=1S/IO3.HIO.HI.2K/c2-1(3)4;1-2;;;/h;2H;1H;;/q-1;;;2*+1/p-1. The molecule has 0 aliphatic heterocycles. The third-order valence-electron chi connectivity index (χ3n) is 0. The Bertz CT molecular complexity index is 18.5. The first kappa shape index (κ1) is 29.2. The van der Waals surface area contributed by atoms with Crippen LogP contribution < -0.4 is 158 Å². The minimum absolute atomic E-state index is 0. The third kappa shape index (κ3) is 60.4. The van der Waals surface area contributed by atoms with E-state index in [1.165, 1.54) is 0 Å². The number of hydrogen-bond acceptors (Lipinski definition) is 4.